The van der Waals surface area contributed by atoms with Gasteiger partial charge in [-0.15, -0.1) is 0 Å². The summed E-state index contributed by atoms with van der Waals surface area (Å²) in [6.45, 7) is 19.4. The van der Waals surface area contributed by atoms with Gasteiger partial charge in [0, 0.05) is 36.2 Å². The third-order valence-electron chi connectivity index (χ3n) is 6.89. The first-order chi connectivity index (χ1) is 19.9. The second-order valence-corrected chi connectivity index (χ2v) is 13.9. The molecule has 0 saturated carbocycles. The Morgan fingerprint density at radius 3 is 2.23 bits per heavy atom. The summed E-state index contributed by atoms with van der Waals surface area (Å²) < 4.78 is 19.8. The summed E-state index contributed by atoms with van der Waals surface area (Å²) in [5.41, 5.74) is 2.01. The van der Waals surface area contributed by atoms with E-state index in [1.54, 1.807) is 12.1 Å². The number of benzene rings is 1. The molecule has 0 spiro atoms. The normalized spacial score (nSPS) is 12.1. The van der Waals surface area contributed by atoms with Crippen LogP contribution in [0.15, 0.2) is 44.3 Å². The summed E-state index contributed by atoms with van der Waals surface area (Å²) in [6.07, 6.45) is 1.95. The van der Waals surface area contributed by atoms with Gasteiger partial charge in [-0.1, -0.05) is 86.4 Å². The van der Waals surface area contributed by atoms with E-state index in [-0.39, 0.29) is 39.0 Å². The van der Waals surface area contributed by atoms with E-state index >= 15 is 0 Å². The van der Waals surface area contributed by atoms with Gasteiger partial charge in [-0.25, -0.2) is 9.37 Å². The summed E-state index contributed by atoms with van der Waals surface area (Å²) in [6, 6.07) is 8.16. The van der Waals surface area contributed by atoms with Gasteiger partial charge >= 0.3 is 0 Å². The smallest absolute Gasteiger partial charge is 0.271 e. The maximum absolute atomic E-state index is 13.9. The van der Waals surface area contributed by atoms with E-state index in [1.165, 1.54) is 12.1 Å². The number of carbonyl (C=O) groups excluding carboxylic acids is 1. The maximum Gasteiger partial charge on any atom is 0.271 e. The number of halogens is 2. The Hall–Kier alpha value is -3.52. The highest BCUT2D eigenvalue weighted by Crippen LogP contribution is 2.35. The molecular formula is C34H42ClFN2O5. The number of aromatic hydroxyl groups is 1. The molecule has 0 atom stereocenters. The number of Topliss-reactive ketones (excluding diaryl/α,β-unsaturated/α-hetero) is 1. The Balaban J connectivity index is 0.000000259. The van der Waals surface area contributed by atoms with E-state index in [2.05, 4.69) is 53.5 Å². The zero-order valence-electron chi connectivity index (χ0n) is 26.5. The number of carbonyl (C=O) groups is 1. The van der Waals surface area contributed by atoms with Crippen molar-refractivity contribution in [3.63, 3.8) is 0 Å². The minimum atomic E-state index is -0.754. The molecule has 0 saturated heterocycles. The van der Waals surface area contributed by atoms with Crippen LogP contribution < -0.4 is 15.8 Å². The quantitative estimate of drug-likeness (QED) is 0.159. The summed E-state index contributed by atoms with van der Waals surface area (Å²) in [5.74, 6) is -0.797. The Morgan fingerprint density at radius 1 is 1.07 bits per heavy atom. The maximum atomic E-state index is 13.9. The monoisotopic (exact) mass is 612 g/mol. The Morgan fingerprint density at radius 2 is 1.72 bits per heavy atom. The van der Waals surface area contributed by atoms with Gasteiger partial charge in [-0.05, 0) is 35.4 Å². The first kappa shape index (κ1) is 34.0. The summed E-state index contributed by atoms with van der Waals surface area (Å²) in [4.78, 5) is 41.2. The summed E-state index contributed by atoms with van der Waals surface area (Å²) in [7, 11) is 0. The van der Waals surface area contributed by atoms with Crippen molar-refractivity contribution in [2.45, 2.75) is 80.6 Å². The van der Waals surface area contributed by atoms with Crippen LogP contribution in [0, 0.1) is 17.2 Å². The molecule has 0 bridgehead atoms. The minimum Gasteiger partial charge on any atom is -0.502 e. The molecule has 0 radical (unpaired) electrons. The molecule has 0 aliphatic carbocycles. The second-order valence-electron chi connectivity index (χ2n) is 13.5. The predicted octanol–water partition coefficient (Wildman–Crippen LogP) is 8.06. The van der Waals surface area contributed by atoms with Crippen molar-refractivity contribution in [3.8, 4) is 17.0 Å². The van der Waals surface area contributed by atoms with Crippen LogP contribution in [0.4, 0.5) is 10.1 Å². The SMILES string of the molecule is CC(C)C(=O)c1cc2nc(-c3ccc(Cl)c(F)c3)cc(C(C)(C)C)c2o1.CCCCN(CC(C)(C)C)c1c(O)c(=O)c1=O. The molecule has 43 heavy (non-hydrogen) atoms. The number of rotatable bonds is 8. The topological polar surface area (TPSA) is 101 Å². The molecule has 0 aliphatic rings. The van der Waals surface area contributed by atoms with E-state index in [0.29, 0.717) is 41.2 Å². The molecule has 4 aromatic rings. The van der Waals surface area contributed by atoms with Gasteiger partial charge in [-0.2, -0.15) is 0 Å². The Labute approximate surface area is 257 Å². The van der Waals surface area contributed by atoms with Crippen molar-refractivity contribution < 1.29 is 18.7 Å². The molecule has 2 aromatic heterocycles. The number of nitrogens with zero attached hydrogens (tertiary/aromatic N) is 2. The number of hydrogen-bond donors (Lipinski definition) is 1. The number of aromatic nitrogens is 1. The van der Waals surface area contributed by atoms with E-state index in [4.69, 9.17) is 16.0 Å². The highest BCUT2D eigenvalue weighted by atomic mass is 35.5. The van der Waals surface area contributed by atoms with Gasteiger partial charge in [0.25, 0.3) is 10.9 Å². The van der Waals surface area contributed by atoms with Gasteiger partial charge in [-0.3, -0.25) is 14.4 Å². The number of fused-ring (bicyclic) bond motifs is 1. The first-order valence-electron chi connectivity index (χ1n) is 14.6. The number of ketones is 1. The molecule has 2 heterocycles. The number of anilines is 1. The molecule has 0 amide bonds. The molecule has 9 heteroatoms. The van der Waals surface area contributed by atoms with Crippen LogP contribution in [-0.4, -0.2) is 29.0 Å². The van der Waals surface area contributed by atoms with E-state index in [9.17, 15) is 23.9 Å². The predicted molar refractivity (Wildman–Crippen MR) is 172 cm³/mol. The lowest BCUT2D eigenvalue weighted by atomic mass is 9.86. The van der Waals surface area contributed by atoms with E-state index in [1.807, 2.05) is 24.8 Å². The van der Waals surface area contributed by atoms with Crippen molar-refractivity contribution in [2.75, 3.05) is 18.0 Å². The van der Waals surface area contributed by atoms with Crippen LogP contribution in [0.25, 0.3) is 22.4 Å². The zero-order valence-corrected chi connectivity index (χ0v) is 27.3. The van der Waals surface area contributed by atoms with Crippen LogP contribution in [0.2, 0.25) is 5.02 Å². The Kier molecular flexibility index (Phi) is 10.3. The first-order valence-corrected chi connectivity index (χ1v) is 15.0. The standard InChI is InChI=1S/C21H21ClFNO2.C13H21NO3/c1-11(2)19(25)18-10-17-20(26-18)13(21(3,4)5)9-16(24-17)12-6-7-14(22)15(23)8-12;1-5-6-7-14(8-13(2,3)4)9-10(15)12(17)11(9)16/h6-11H,1-5H3;15H,5-8H2,1-4H3. The fourth-order valence-electron chi connectivity index (χ4n) is 4.64. The van der Waals surface area contributed by atoms with Crippen molar-refractivity contribution in [1.82, 2.24) is 4.98 Å². The lowest BCUT2D eigenvalue weighted by molar-refractivity contribution is 0.0913. The highest BCUT2D eigenvalue weighted by molar-refractivity contribution is 6.30. The van der Waals surface area contributed by atoms with Crippen molar-refractivity contribution in [1.29, 1.82) is 0 Å². The minimum absolute atomic E-state index is 0.0138. The van der Waals surface area contributed by atoms with E-state index in [0.717, 1.165) is 18.4 Å². The Bertz CT molecular complexity index is 1680. The summed E-state index contributed by atoms with van der Waals surface area (Å²) in [5, 5.41) is 9.55. The fourth-order valence-corrected chi connectivity index (χ4v) is 4.76. The lowest BCUT2D eigenvalue weighted by Gasteiger charge is -2.32. The molecule has 2 aromatic carbocycles. The molecule has 0 unspecified atom stereocenters. The average molecular weight is 613 g/mol. The largest absolute Gasteiger partial charge is 0.502 e. The number of pyridine rings is 1. The van der Waals surface area contributed by atoms with Crippen LogP contribution in [-0.2, 0) is 5.41 Å². The van der Waals surface area contributed by atoms with E-state index < -0.39 is 16.7 Å². The molecule has 232 valence electrons. The summed E-state index contributed by atoms with van der Waals surface area (Å²) >= 11 is 5.79. The molecule has 1 N–H and O–H groups in total. The molecule has 4 rings (SSSR count). The molecular weight excluding hydrogens is 571 g/mol. The van der Waals surface area contributed by atoms with Crippen molar-refractivity contribution in [2.24, 2.45) is 11.3 Å². The number of hydrogen-bond acceptors (Lipinski definition) is 7. The van der Waals surface area contributed by atoms with Gasteiger partial charge in [0.05, 0.1) is 10.7 Å². The zero-order chi connectivity index (χ0) is 32.4. The highest BCUT2D eigenvalue weighted by Gasteiger charge is 2.28. The van der Waals surface area contributed by atoms with Crippen molar-refractivity contribution in [3.05, 3.63) is 72.9 Å². The lowest BCUT2D eigenvalue weighted by Crippen LogP contribution is -2.43. The van der Waals surface area contributed by atoms with Gasteiger partial charge < -0.3 is 14.4 Å². The number of furan rings is 1. The molecule has 0 fully saturated rings. The third-order valence-corrected chi connectivity index (χ3v) is 7.20. The van der Waals surface area contributed by atoms with Crippen LogP contribution in [0.3, 0.4) is 0 Å². The third kappa shape index (κ3) is 7.91. The van der Waals surface area contributed by atoms with Gasteiger partial charge in [0.2, 0.25) is 5.78 Å². The second kappa shape index (κ2) is 13.0. The molecule has 0 aliphatic heterocycles. The number of unbranched alkanes of at least 4 members (excludes halogenated alkanes) is 1. The van der Waals surface area contributed by atoms with Gasteiger partial charge in [0.15, 0.2) is 17.1 Å². The van der Waals surface area contributed by atoms with Crippen LogP contribution in [0.1, 0.15) is 91.3 Å². The average Bonchev–Trinajstić information content (AvgIpc) is 3.35. The van der Waals surface area contributed by atoms with Crippen LogP contribution >= 0.6 is 11.6 Å². The molecule has 7 nitrogen and oxygen atoms in total. The van der Waals surface area contributed by atoms with Crippen molar-refractivity contribution >= 4 is 34.2 Å². The fraction of sp³-hybridized carbons (Fsp3) is 0.471. The van der Waals surface area contributed by atoms with Crippen LogP contribution in [0.5, 0.6) is 5.75 Å². The van der Waals surface area contributed by atoms with Gasteiger partial charge in [0.1, 0.15) is 17.0 Å².